The van der Waals surface area contributed by atoms with Crippen molar-refractivity contribution in [1.82, 2.24) is 59.8 Å². The van der Waals surface area contributed by atoms with Crippen molar-refractivity contribution in [3.8, 4) is 78.0 Å². The first-order valence-electron chi connectivity index (χ1n) is 35.7. The molecule has 0 aliphatic rings. The van der Waals surface area contributed by atoms with Crippen molar-refractivity contribution in [2.45, 2.75) is 45.8 Å². The monoisotopic (exact) mass is 1450 g/mol. The fourth-order valence-corrected chi connectivity index (χ4v) is 27.3. The number of aromatic nitrogens is 12. The zero-order chi connectivity index (χ0) is 73.9. The second-order valence-electron chi connectivity index (χ2n) is 27.6. The number of pyridine rings is 12. The lowest BCUT2D eigenvalue weighted by atomic mass is 10.1. The van der Waals surface area contributed by atoms with E-state index in [1.165, 1.54) is 80.1 Å². The molecule has 522 valence electrons. The summed E-state index contributed by atoms with van der Waals surface area (Å²) in [5.74, 6) is 0. The molecule has 4 aromatic carbocycles. The van der Waals surface area contributed by atoms with Crippen molar-refractivity contribution >= 4 is 79.0 Å². The number of benzene rings is 4. The van der Waals surface area contributed by atoms with Gasteiger partial charge in [0.1, 0.15) is 32.3 Å². The zero-order valence-electron chi connectivity index (χ0n) is 61.1. The van der Waals surface area contributed by atoms with E-state index in [0.717, 1.165) is 44.6 Å². The molecule has 0 aliphatic heterocycles. The van der Waals surface area contributed by atoms with Crippen molar-refractivity contribution in [2.75, 3.05) is 0 Å². The Kier molecular flexibility index (Phi) is 23.1. The van der Waals surface area contributed by atoms with Crippen molar-refractivity contribution in [1.29, 1.82) is 0 Å². The van der Waals surface area contributed by atoms with Crippen molar-refractivity contribution in [2.24, 2.45) is 0 Å². The van der Waals surface area contributed by atoms with Gasteiger partial charge in [-0.15, -0.1) is 0 Å². The maximum atomic E-state index is 4.57. The predicted octanol–water partition coefficient (Wildman–Crippen LogP) is 14.7. The summed E-state index contributed by atoms with van der Waals surface area (Å²) in [6, 6.07) is 80.4. The average molecular weight is 1460 g/mol. The normalized spacial score (nSPS) is 11.3. The largest absolute Gasteiger partial charge is 0.265 e. The SMILES string of the molecule is C[Si](C)(c1ccncc1-c1ccccc1)c1ccncc1-c1ccccn1.C[Si](C)(c1ccncc1-c1cccnc1)c1ccncc1-c1cccnc1.C[Si](C)(c1ccncc1-c1ccncc1)c1ccncc1-c1ccncc1.C[Si](c1ccccc1)(c1ccccc1)c1ccncc1-c1ccccc1. The number of rotatable bonds is 16. The first kappa shape index (κ1) is 72.9. The average Bonchev–Trinajstić information content (AvgIpc) is 0.770. The van der Waals surface area contributed by atoms with E-state index < -0.39 is 32.3 Å². The predicted molar refractivity (Wildman–Crippen MR) is 450 cm³/mol. The third-order valence-corrected chi connectivity index (χ3v) is 35.3. The molecule has 0 fully saturated rings. The van der Waals surface area contributed by atoms with Crippen molar-refractivity contribution < 1.29 is 0 Å². The molecule has 12 heterocycles. The molecule has 0 unspecified atom stereocenters. The van der Waals surface area contributed by atoms with Crippen LogP contribution in [0.4, 0.5) is 0 Å². The van der Waals surface area contributed by atoms with Gasteiger partial charge in [0.15, 0.2) is 0 Å². The highest BCUT2D eigenvalue weighted by atomic mass is 28.3. The van der Waals surface area contributed by atoms with Gasteiger partial charge < -0.3 is 0 Å². The van der Waals surface area contributed by atoms with Crippen LogP contribution in [-0.4, -0.2) is 92.1 Å². The standard InChI is InChI=1S/C24H21NSi.C23H21N3Si.2C22H20N4Si/c1-26(21-13-7-3-8-14-21,22-15-9-4-10-16-22)24-17-18-25-19-23(24)20-11-5-2-6-12-20;1-27(2,22-11-14-24-16-19(22)18-8-4-3-5-9-18)23-12-15-25-17-20(23)21-10-6-7-13-26-21;1-27(2,21-7-13-25-15-19(21)17-3-9-23-10-4-17)22-8-14-26-16-20(22)18-5-11-24-12-6-18;1-27(2,21-7-11-25-15-19(21)17-5-3-9-23-13-17)22-8-12-26-16-20(22)18-6-4-10-24-14-18/h2-19H,1H3;3-17H,1-2H3;2*3-16H,1-2H3. The van der Waals surface area contributed by atoms with Crippen LogP contribution in [0.2, 0.25) is 45.8 Å². The minimum absolute atomic E-state index is 0.969. The molecule has 0 saturated heterocycles. The summed E-state index contributed by atoms with van der Waals surface area (Å²) >= 11 is 0. The lowest BCUT2D eigenvalue weighted by molar-refractivity contribution is 1.28. The molecular weight excluding hydrogens is 1370 g/mol. The Labute approximate surface area is 631 Å². The molecule has 16 rings (SSSR count). The zero-order valence-corrected chi connectivity index (χ0v) is 65.1. The van der Waals surface area contributed by atoms with Gasteiger partial charge in [0.25, 0.3) is 0 Å². The van der Waals surface area contributed by atoms with E-state index >= 15 is 0 Å². The van der Waals surface area contributed by atoms with E-state index in [1.54, 1.807) is 12.4 Å². The van der Waals surface area contributed by atoms with Gasteiger partial charge in [-0.1, -0.05) is 185 Å². The number of hydrogen-bond acceptors (Lipinski definition) is 12. The van der Waals surface area contributed by atoms with Crippen LogP contribution in [0.1, 0.15) is 0 Å². The minimum Gasteiger partial charge on any atom is -0.265 e. The minimum atomic E-state index is -2.15. The molecule has 0 N–H and O–H groups in total. The summed E-state index contributed by atoms with van der Waals surface area (Å²) in [6.07, 6.45) is 43.6. The van der Waals surface area contributed by atoms with E-state index in [2.05, 4.69) is 282 Å². The van der Waals surface area contributed by atoms with Crippen molar-refractivity contribution in [3.05, 3.63) is 373 Å². The Morgan fingerprint density at radius 1 is 0.178 bits per heavy atom. The van der Waals surface area contributed by atoms with E-state index in [0.29, 0.717) is 0 Å². The van der Waals surface area contributed by atoms with Crippen LogP contribution in [0.25, 0.3) is 78.0 Å². The lowest BCUT2D eigenvalue weighted by Gasteiger charge is -2.31. The first-order chi connectivity index (χ1) is 52.3. The van der Waals surface area contributed by atoms with Gasteiger partial charge in [-0.2, -0.15) is 0 Å². The van der Waals surface area contributed by atoms with Crippen LogP contribution in [0.3, 0.4) is 0 Å². The van der Waals surface area contributed by atoms with E-state index in [-0.39, 0.29) is 0 Å². The summed E-state index contributed by atoms with van der Waals surface area (Å²) in [4.78, 5) is 52.2. The molecule has 12 aromatic heterocycles. The van der Waals surface area contributed by atoms with Gasteiger partial charge in [0, 0.05) is 176 Å². The first-order valence-corrected chi connectivity index (χ1v) is 47.2. The second kappa shape index (κ2) is 34.0. The number of hydrogen-bond donors (Lipinski definition) is 0. The molecule has 16 heteroatoms. The van der Waals surface area contributed by atoms with Crippen LogP contribution in [0.5, 0.6) is 0 Å². The Morgan fingerprint density at radius 3 is 0.748 bits per heavy atom. The summed E-state index contributed by atoms with van der Waals surface area (Å²) in [5, 5.41) is 12.3. The van der Waals surface area contributed by atoms with Crippen LogP contribution in [0, 0.1) is 0 Å². The molecule has 0 aliphatic carbocycles. The lowest BCUT2D eigenvalue weighted by Crippen LogP contribution is -2.65. The van der Waals surface area contributed by atoms with Crippen LogP contribution < -0.4 is 46.7 Å². The highest BCUT2D eigenvalue weighted by molar-refractivity contribution is 7.11. The third-order valence-electron chi connectivity index (χ3n) is 20.1. The van der Waals surface area contributed by atoms with Gasteiger partial charge >= 0.3 is 0 Å². The fraction of sp³-hybridized carbons (Fsp3) is 0.0769. The highest BCUT2D eigenvalue weighted by Crippen LogP contribution is 2.28. The van der Waals surface area contributed by atoms with Crippen LogP contribution in [-0.2, 0) is 0 Å². The Bertz CT molecular complexity index is 4800. The Morgan fingerprint density at radius 2 is 0.430 bits per heavy atom. The van der Waals surface area contributed by atoms with Crippen LogP contribution >= 0.6 is 0 Å². The molecule has 0 bridgehead atoms. The maximum Gasteiger partial charge on any atom is 0.146 e. The second-order valence-corrected chi connectivity index (χ2v) is 44.5. The quantitative estimate of drug-likeness (QED) is 0.0846. The van der Waals surface area contributed by atoms with Crippen molar-refractivity contribution in [3.63, 3.8) is 0 Å². The molecule has 0 atom stereocenters. The molecule has 0 saturated carbocycles. The summed E-state index contributed by atoms with van der Waals surface area (Å²) < 4.78 is 0. The molecule has 16 aromatic rings. The molecule has 0 radical (unpaired) electrons. The Hall–Kier alpha value is -12.5. The van der Waals surface area contributed by atoms with Gasteiger partial charge in [0.05, 0.1) is 5.69 Å². The van der Waals surface area contributed by atoms with Crippen LogP contribution in [0.15, 0.2) is 373 Å². The summed E-state index contributed by atoms with van der Waals surface area (Å²) in [7, 11) is -8.25. The molecule has 0 spiro atoms. The fourth-order valence-electron chi connectivity index (χ4n) is 14.4. The summed E-state index contributed by atoms with van der Waals surface area (Å²) in [5.41, 5.74) is 16.1. The molecular formula is C91H82N12Si4. The number of nitrogens with zero attached hydrogens (tertiary/aromatic N) is 12. The third kappa shape index (κ3) is 16.4. The maximum absolute atomic E-state index is 4.57. The smallest absolute Gasteiger partial charge is 0.146 e. The van der Waals surface area contributed by atoms with E-state index in [4.69, 9.17) is 0 Å². The van der Waals surface area contributed by atoms with Gasteiger partial charge in [0.2, 0.25) is 0 Å². The Balaban J connectivity index is 0.000000126. The van der Waals surface area contributed by atoms with Gasteiger partial charge in [-0.25, -0.2) is 0 Å². The molecule has 107 heavy (non-hydrogen) atoms. The summed E-state index contributed by atoms with van der Waals surface area (Å²) in [6.45, 7) is 16.7. The van der Waals surface area contributed by atoms with Gasteiger partial charge in [-0.3, -0.25) is 59.8 Å². The molecule has 0 amide bonds. The molecule has 12 nitrogen and oxygen atoms in total. The topological polar surface area (TPSA) is 155 Å². The van der Waals surface area contributed by atoms with E-state index in [1.807, 2.05) is 185 Å². The van der Waals surface area contributed by atoms with Gasteiger partial charge in [-0.05, 0) is 177 Å². The highest BCUT2D eigenvalue weighted by Gasteiger charge is 2.38. The van der Waals surface area contributed by atoms with E-state index in [9.17, 15) is 0 Å².